The van der Waals surface area contributed by atoms with Gasteiger partial charge in [0.25, 0.3) is 0 Å². The number of nitrogens with zero attached hydrogens (tertiary/aromatic N) is 1. The Hall–Kier alpha value is -1.20. The first-order chi connectivity index (χ1) is 8.58. The van der Waals surface area contributed by atoms with Crippen molar-refractivity contribution in [2.45, 2.75) is 6.92 Å². The zero-order valence-electron chi connectivity index (χ0n) is 9.48. The second-order valence-corrected chi connectivity index (χ2v) is 5.36. The zero-order valence-corrected chi connectivity index (χ0v) is 12.7. The molecular formula is C13H9Br2NO2. The van der Waals surface area contributed by atoms with Gasteiger partial charge >= 0.3 is 0 Å². The van der Waals surface area contributed by atoms with Gasteiger partial charge in [-0.25, -0.2) is 4.98 Å². The number of pyridine rings is 1. The first kappa shape index (κ1) is 13.2. The molecule has 0 bridgehead atoms. The monoisotopic (exact) mass is 369 g/mol. The van der Waals surface area contributed by atoms with Crippen LogP contribution in [0.15, 0.2) is 45.5 Å². The van der Waals surface area contributed by atoms with E-state index in [2.05, 4.69) is 36.8 Å². The third-order valence-corrected chi connectivity index (χ3v) is 3.36. The summed E-state index contributed by atoms with van der Waals surface area (Å²) >= 11 is 6.76. The molecule has 3 nitrogen and oxygen atoms in total. The number of aromatic nitrogens is 1. The predicted molar refractivity (Wildman–Crippen MR) is 76.2 cm³/mol. The standard InChI is InChI=1S/C13H9Br2NO2/c1-8(17)10-3-2-6-16-13(10)18-12-5-4-9(14)7-11(12)15/h2-7H,1H3. The average molecular weight is 371 g/mol. The van der Waals surface area contributed by atoms with Gasteiger partial charge in [0.05, 0.1) is 10.0 Å². The molecule has 5 heteroatoms. The Morgan fingerprint density at radius 3 is 2.72 bits per heavy atom. The Labute approximate surface area is 121 Å². The third kappa shape index (κ3) is 2.97. The number of ketones is 1. The van der Waals surface area contributed by atoms with Gasteiger partial charge in [0.2, 0.25) is 5.88 Å². The predicted octanol–water partition coefficient (Wildman–Crippen LogP) is 4.60. The minimum absolute atomic E-state index is 0.0775. The van der Waals surface area contributed by atoms with Gasteiger partial charge in [0, 0.05) is 10.7 Å². The molecule has 0 amide bonds. The van der Waals surface area contributed by atoms with Crippen molar-refractivity contribution in [2.75, 3.05) is 0 Å². The van der Waals surface area contributed by atoms with Gasteiger partial charge in [-0.15, -0.1) is 0 Å². The SMILES string of the molecule is CC(=O)c1cccnc1Oc1ccc(Br)cc1Br. The minimum atomic E-state index is -0.0775. The molecule has 2 rings (SSSR count). The molecule has 0 unspecified atom stereocenters. The summed E-state index contributed by atoms with van der Waals surface area (Å²) in [4.78, 5) is 15.5. The van der Waals surface area contributed by atoms with Crippen molar-refractivity contribution in [3.05, 3.63) is 51.0 Å². The largest absolute Gasteiger partial charge is 0.437 e. The summed E-state index contributed by atoms with van der Waals surface area (Å²) in [6.07, 6.45) is 1.59. The highest BCUT2D eigenvalue weighted by molar-refractivity contribution is 9.11. The summed E-state index contributed by atoms with van der Waals surface area (Å²) in [6, 6.07) is 8.92. The fourth-order valence-electron chi connectivity index (χ4n) is 1.40. The number of benzene rings is 1. The Morgan fingerprint density at radius 2 is 2.06 bits per heavy atom. The molecule has 0 fully saturated rings. The van der Waals surface area contributed by atoms with Gasteiger partial charge in [0.1, 0.15) is 5.75 Å². The fraction of sp³-hybridized carbons (Fsp3) is 0.0769. The molecule has 0 saturated heterocycles. The van der Waals surface area contributed by atoms with Gasteiger partial charge in [-0.1, -0.05) is 15.9 Å². The van der Waals surface area contributed by atoms with Crippen molar-refractivity contribution < 1.29 is 9.53 Å². The summed E-state index contributed by atoms with van der Waals surface area (Å²) < 4.78 is 7.39. The Bertz CT molecular complexity index is 599. The van der Waals surface area contributed by atoms with Crippen molar-refractivity contribution in [2.24, 2.45) is 0 Å². The fourth-order valence-corrected chi connectivity index (χ4v) is 2.53. The number of hydrogen-bond acceptors (Lipinski definition) is 3. The second kappa shape index (κ2) is 5.63. The maximum Gasteiger partial charge on any atom is 0.230 e. The first-order valence-corrected chi connectivity index (χ1v) is 6.75. The van der Waals surface area contributed by atoms with Crippen molar-refractivity contribution in [3.8, 4) is 11.6 Å². The molecule has 18 heavy (non-hydrogen) atoms. The quantitative estimate of drug-likeness (QED) is 0.741. The number of carbonyl (C=O) groups excluding carboxylic acids is 1. The lowest BCUT2D eigenvalue weighted by Crippen LogP contribution is -1.99. The van der Waals surface area contributed by atoms with Gasteiger partial charge < -0.3 is 4.74 Å². The van der Waals surface area contributed by atoms with Crippen LogP contribution in [0.1, 0.15) is 17.3 Å². The maximum absolute atomic E-state index is 11.5. The topological polar surface area (TPSA) is 39.2 Å². The van der Waals surface area contributed by atoms with E-state index in [0.29, 0.717) is 17.2 Å². The van der Waals surface area contributed by atoms with E-state index < -0.39 is 0 Å². The Morgan fingerprint density at radius 1 is 1.28 bits per heavy atom. The van der Waals surface area contributed by atoms with Gasteiger partial charge in [-0.05, 0) is 53.2 Å². The molecule has 0 atom stereocenters. The van der Waals surface area contributed by atoms with E-state index in [1.54, 1.807) is 24.4 Å². The highest BCUT2D eigenvalue weighted by Crippen LogP contribution is 2.32. The molecule has 92 valence electrons. The van der Waals surface area contributed by atoms with Crippen LogP contribution in [-0.2, 0) is 0 Å². The van der Waals surface area contributed by atoms with E-state index >= 15 is 0 Å². The maximum atomic E-state index is 11.5. The summed E-state index contributed by atoms with van der Waals surface area (Å²) in [7, 11) is 0. The smallest absolute Gasteiger partial charge is 0.230 e. The van der Waals surface area contributed by atoms with Crippen LogP contribution in [0.4, 0.5) is 0 Å². The first-order valence-electron chi connectivity index (χ1n) is 5.17. The number of Topliss-reactive ketones (excluding diaryl/α,β-unsaturated/α-hetero) is 1. The van der Waals surface area contributed by atoms with Crippen LogP contribution < -0.4 is 4.74 Å². The van der Waals surface area contributed by atoms with Gasteiger partial charge in [0.15, 0.2) is 5.78 Å². The van der Waals surface area contributed by atoms with Crippen molar-refractivity contribution in [1.82, 2.24) is 4.98 Å². The molecule has 0 saturated carbocycles. The molecule has 0 N–H and O–H groups in total. The molecule has 1 aromatic carbocycles. The third-order valence-electron chi connectivity index (χ3n) is 2.25. The van der Waals surface area contributed by atoms with E-state index in [4.69, 9.17) is 4.74 Å². The molecule has 0 radical (unpaired) electrons. The molecule has 1 heterocycles. The molecule has 0 aliphatic rings. The highest BCUT2D eigenvalue weighted by Gasteiger charge is 2.11. The molecule has 0 aliphatic heterocycles. The van der Waals surface area contributed by atoms with E-state index in [0.717, 1.165) is 8.95 Å². The van der Waals surface area contributed by atoms with Crippen LogP contribution in [0.2, 0.25) is 0 Å². The average Bonchev–Trinajstić information content (AvgIpc) is 2.33. The van der Waals surface area contributed by atoms with E-state index in [9.17, 15) is 4.79 Å². The summed E-state index contributed by atoms with van der Waals surface area (Å²) in [5.41, 5.74) is 0.465. The number of carbonyl (C=O) groups is 1. The molecule has 2 aromatic rings. The lowest BCUT2D eigenvalue weighted by Gasteiger charge is -2.09. The van der Waals surface area contributed by atoms with Crippen molar-refractivity contribution >= 4 is 37.6 Å². The van der Waals surface area contributed by atoms with E-state index in [1.165, 1.54) is 6.92 Å². The normalized spacial score (nSPS) is 10.2. The minimum Gasteiger partial charge on any atom is -0.437 e. The summed E-state index contributed by atoms with van der Waals surface area (Å²) in [5.74, 6) is 0.846. The van der Waals surface area contributed by atoms with Crippen LogP contribution in [0.25, 0.3) is 0 Å². The van der Waals surface area contributed by atoms with E-state index in [-0.39, 0.29) is 5.78 Å². The Balaban J connectivity index is 2.37. The van der Waals surface area contributed by atoms with Crippen molar-refractivity contribution in [3.63, 3.8) is 0 Å². The van der Waals surface area contributed by atoms with Crippen LogP contribution in [0.3, 0.4) is 0 Å². The number of hydrogen-bond donors (Lipinski definition) is 0. The summed E-state index contributed by atoms with van der Waals surface area (Å²) in [6.45, 7) is 1.49. The number of ether oxygens (including phenoxy) is 1. The van der Waals surface area contributed by atoms with Crippen LogP contribution in [-0.4, -0.2) is 10.8 Å². The molecular weight excluding hydrogens is 362 g/mol. The molecule has 0 spiro atoms. The second-order valence-electron chi connectivity index (χ2n) is 3.59. The number of halogens is 2. The van der Waals surface area contributed by atoms with Gasteiger partial charge in [-0.2, -0.15) is 0 Å². The van der Waals surface area contributed by atoms with Gasteiger partial charge in [-0.3, -0.25) is 4.79 Å². The molecule has 1 aromatic heterocycles. The summed E-state index contributed by atoms with van der Waals surface area (Å²) in [5, 5.41) is 0. The number of rotatable bonds is 3. The van der Waals surface area contributed by atoms with E-state index in [1.807, 2.05) is 12.1 Å². The van der Waals surface area contributed by atoms with Crippen molar-refractivity contribution in [1.29, 1.82) is 0 Å². The Kier molecular flexibility index (Phi) is 4.14. The van der Waals surface area contributed by atoms with Crippen LogP contribution in [0, 0.1) is 0 Å². The van der Waals surface area contributed by atoms with Crippen LogP contribution >= 0.6 is 31.9 Å². The lowest BCUT2D eigenvalue weighted by molar-refractivity contribution is 0.101. The lowest BCUT2D eigenvalue weighted by atomic mass is 10.2. The highest BCUT2D eigenvalue weighted by atomic mass is 79.9. The van der Waals surface area contributed by atoms with Crippen LogP contribution in [0.5, 0.6) is 11.6 Å². The zero-order chi connectivity index (χ0) is 13.1. The molecule has 0 aliphatic carbocycles.